The maximum Gasteiger partial charge on any atom is 0.426 e. The van der Waals surface area contributed by atoms with Crippen molar-refractivity contribution in [3.8, 4) is 29.0 Å². The zero-order chi connectivity index (χ0) is 81.3. The molecule has 1 N–H and O–H groups in total. The molecule has 596 valence electrons. The monoisotopic (exact) mass is 1610 g/mol. The molecule has 0 fully saturated rings. The van der Waals surface area contributed by atoms with E-state index in [1.807, 2.05) is 0 Å². The summed E-state index contributed by atoms with van der Waals surface area (Å²) in [5.74, 6) is -5.16. The Morgan fingerprint density at radius 1 is 0.509 bits per heavy atom. The van der Waals surface area contributed by atoms with Gasteiger partial charge in [0, 0.05) is 6.42 Å². The summed E-state index contributed by atoms with van der Waals surface area (Å²) in [5, 5.41) is 23.1. The molecule has 0 spiro atoms. The van der Waals surface area contributed by atoms with Crippen molar-refractivity contribution in [2.75, 3.05) is 9.80 Å². The SMILES string of the molecule is C.C=CCCC(OCc1ccccc1)(c1nnc(-c2nc(Br)c(C(F)(F)F)cc2N(C(=O)OC(C)(C)C)C(=O)OC(C)(C)C)o1)C(F)(F)F.C=CCCC(OCc1ccccc1)(c1nnc(-c2nc(O[C@@H](C)CC=C)c(C(F)(F)F)cc2N(C(=O)OC(C)(C)C)C(=O)OC(C)(C)C)o1)C(F)(F)F.C=CC[C@H](C)O. The van der Waals surface area contributed by atoms with Gasteiger partial charge >= 0.3 is 49.1 Å². The summed E-state index contributed by atoms with van der Waals surface area (Å²) < 4.78 is 224. The van der Waals surface area contributed by atoms with Crippen LogP contribution < -0.4 is 14.5 Å². The Labute approximate surface area is 626 Å². The molecule has 0 aliphatic heterocycles. The highest BCUT2D eigenvalue weighted by molar-refractivity contribution is 9.10. The Morgan fingerprint density at radius 3 is 1.13 bits per heavy atom. The van der Waals surface area contributed by atoms with Crippen LogP contribution in [-0.4, -0.2) is 107 Å². The second-order valence-corrected chi connectivity index (χ2v) is 28.2. The zero-order valence-corrected chi connectivity index (χ0v) is 62.7. The molecule has 108 heavy (non-hydrogen) atoms. The molecular weight excluding hydrogens is 1520 g/mol. The van der Waals surface area contributed by atoms with Gasteiger partial charge in [-0.1, -0.05) is 92.4 Å². The normalized spacial score (nSPS) is 13.9. The van der Waals surface area contributed by atoms with E-state index in [1.165, 1.54) is 133 Å². The van der Waals surface area contributed by atoms with E-state index in [9.17, 15) is 58.7 Å². The minimum absolute atomic E-state index is 0. The third kappa shape index (κ3) is 26.6. The van der Waals surface area contributed by atoms with Crippen molar-refractivity contribution in [2.45, 2.75) is 227 Å². The standard InChI is InChI=1S/C36H42F6N4O7.C31H33BrF6N4O6.C5H10O.CH4/c1-10-12-19-34(36(40,41)42,49-21-23-17-14-13-15-18-23)29-45-44-28(51-29)26-25(20-24(35(37,38)39)27(43-26)50-22(3)16-11-2)46(30(47)52-32(4,5)6)31(48)53-33(7,8)9;1-8-9-15-29(31(36,37)38,45-17-18-13-11-10-12-14-18)24-41-40-23(46-24)21-20(16-19(22(32)39-21)30(33,34)35)42(25(43)47-27(2,3)4)26(44)48-28(5,6)7;1-3-4-5(2)6;/h10-11,13-15,17-18,20,22H,1-2,12,16,19,21H2,3-9H3;8,10-14,16H,1,9,15,17H2,2-7H3;3,5-6H,1,4H2,2H3;1H4/t22-,34?;;5-;/m0.0./s1. The molecule has 2 aromatic carbocycles. The van der Waals surface area contributed by atoms with E-state index in [2.05, 4.69) is 72.6 Å². The lowest BCUT2D eigenvalue weighted by atomic mass is 9.96. The number of allylic oxidation sites excluding steroid dienone is 2. The van der Waals surface area contributed by atoms with Crippen LogP contribution in [0, 0.1) is 0 Å². The molecule has 35 heteroatoms. The number of imide groups is 2. The van der Waals surface area contributed by atoms with Gasteiger partial charge < -0.3 is 47.1 Å². The van der Waals surface area contributed by atoms with Crippen molar-refractivity contribution >= 4 is 51.7 Å². The highest BCUT2D eigenvalue weighted by atomic mass is 79.9. The number of aliphatic hydroxyl groups is 1. The second kappa shape index (κ2) is 37.7. The van der Waals surface area contributed by atoms with Crippen molar-refractivity contribution in [1.29, 1.82) is 0 Å². The van der Waals surface area contributed by atoms with Crippen molar-refractivity contribution in [3.05, 3.63) is 162 Å². The molecule has 2 unspecified atom stereocenters. The minimum Gasteiger partial charge on any atom is -0.474 e. The summed E-state index contributed by atoms with van der Waals surface area (Å²) in [6.07, 6.45) is -23.6. The van der Waals surface area contributed by atoms with Gasteiger partial charge in [0.05, 0.1) is 36.3 Å². The predicted octanol–water partition coefficient (Wildman–Crippen LogP) is 21.2. The van der Waals surface area contributed by atoms with Crippen LogP contribution in [0.5, 0.6) is 5.88 Å². The van der Waals surface area contributed by atoms with E-state index in [-0.39, 0.29) is 42.6 Å². The van der Waals surface area contributed by atoms with Gasteiger partial charge in [0.1, 0.15) is 38.7 Å². The molecule has 4 heterocycles. The van der Waals surface area contributed by atoms with E-state index >= 15 is 13.2 Å². The third-order valence-corrected chi connectivity index (χ3v) is 14.2. The number of ether oxygens (including phenoxy) is 7. The minimum atomic E-state index is -5.21. The first-order valence-corrected chi connectivity index (χ1v) is 33.4. The number of aromatic nitrogens is 6. The van der Waals surface area contributed by atoms with Crippen LogP contribution >= 0.6 is 15.9 Å². The van der Waals surface area contributed by atoms with Gasteiger partial charge in [-0.25, -0.2) is 29.1 Å². The number of carbonyl (C=O) groups is 4. The molecule has 6 rings (SSSR count). The zero-order valence-electron chi connectivity index (χ0n) is 61.1. The number of aliphatic hydroxyl groups excluding tert-OH is 1. The molecule has 4 aromatic heterocycles. The Morgan fingerprint density at radius 2 is 0.843 bits per heavy atom. The molecule has 0 bridgehead atoms. The topological polar surface area (TPSA) is 263 Å². The van der Waals surface area contributed by atoms with E-state index < -0.39 is 183 Å². The number of hydrogen-bond acceptors (Lipinski definition) is 20. The quantitative estimate of drug-likeness (QED) is 0.0255. The number of benzene rings is 2. The Kier molecular flexibility index (Phi) is 32.5. The van der Waals surface area contributed by atoms with Crippen LogP contribution in [-0.2, 0) is 65.2 Å². The van der Waals surface area contributed by atoms with Gasteiger partial charge in [-0.15, -0.1) is 46.7 Å². The lowest BCUT2D eigenvalue weighted by Crippen LogP contribution is -2.45. The van der Waals surface area contributed by atoms with Gasteiger partial charge in [-0.2, -0.15) is 62.5 Å². The summed E-state index contributed by atoms with van der Waals surface area (Å²) in [7, 11) is 0. The Bertz CT molecular complexity index is 3940. The lowest BCUT2D eigenvalue weighted by Gasteiger charge is -2.32. The average Bonchev–Trinajstić information content (AvgIpc) is 1.51. The average molecular weight is 1610 g/mol. The number of rotatable bonds is 24. The first kappa shape index (κ1) is 93.0. The second-order valence-electron chi connectivity index (χ2n) is 27.5. The van der Waals surface area contributed by atoms with Crippen molar-refractivity contribution < 1.29 is 119 Å². The fourth-order valence-electron chi connectivity index (χ4n) is 8.91. The molecule has 6 aromatic rings. The number of amides is 4. The van der Waals surface area contributed by atoms with E-state index in [0.29, 0.717) is 29.7 Å². The van der Waals surface area contributed by atoms with Crippen molar-refractivity contribution in [1.82, 2.24) is 30.4 Å². The first-order chi connectivity index (χ1) is 49.2. The van der Waals surface area contributed by atoms with Gasteiger partial charge in [-0.05, 0) is 168 Å². The van der Waals surface area contributed by atoms with E-state index in [0.717, 1.165) is 0 Å². The highest BCUT2D eigenvalue weighted by Crippen LogP contribution is 2.50. The summed E-state index contributed by atoms with van der Waals surface area (Å²) in [4.78, 5) is 62.0. The van der Waals surface area contributed by atoms with Crippen molar-refractivity contribution in [2.24, 2.45) is 0 Å². The van der Waals surface area contributed by atoms with E-state index in [1.54, 1.807) is 49.4 Å². The van der Waals surface area contributed by atoms with Crippen LogP contribution in [0.2, 0.25) is 0 Å². The van der Waals surface area contributed by atoms with Crippen LogP contribution in [0.1, 0.15) is 177 Å². The number of anilines is 2. The van der Waals surface area contributed by atoms with Crippen LogP contribution in [0.15, 0.2) is 137 Å². The van der Waals surface area contributed by atoms with Crippen LogP contribution in [0.25, 0.3) is 23.2 Å². The number of alkyl halides is 12. The number of halogens is 13. The number of nitrogens with zero attached hydrogens (tertiary/aromatic N) is 8. The summed E-state index contributed by atoms with van der Waals surface area (Å²) >= 11 is 2.71. The van der Waals surface area contributed by atoms with Gasteiger partial charge in [-0.3, -0.25) is 0 Å². The Balaban J connectivity index is 0.000000518. The molecule has 0 saturated carbocycles. The summed E-state index contributed by atoms with van der Waals surface area (Å²) in [6.45, 7) is 33.1. The molecule has 4 amide bonds. The highest BCUT2D eigenvalue weighted by Gasteiger charge is 2.62. The Hall–Kier alpha value is -9.22. The smallest absolute Gasteiger partial charge is 0.426 e. The van der Waals surface area contributed by atoms with Gasteiger partial charge in [0.2, 0.25) is 17.1 Å². The molecule has 4 atom stereocenters. The summed E-state index contributed by atoms with van der Waals surface area (Å²) in [5.41, 5.74) is -17.4. The molecular formula is C73H89BrF12N8O14. The summed E-state index contributed by atoms with van der Waals surface area (Å²) in [6, 6.07) is 16.5. The first-order valence-electron chi connectivity index (χ1n) is 32.6. The third-order valence-electron chi connectivity index (χ3n) is 13.6. The maximum atomic E-state index is 15.1. The molecule has 0 aliphatic rings. The van der Waals surface area contributed by atoms with Gasteiger partial charge in [0.15, 0.2) is 11.4 Å². The number of pyridine rings is 2. The molecule has 0 aliphatic carbocycles. The number of hydrogen-bond donors (Lipinski definition) is 1. The maximum absolute atomic E-state index is 15.1. The molecule has 22 nitrogen and oxygen atoms in total. The largest absolute Gasteiger partial charge is 0.474 e. The fourth-order valence-corrected chi connectivity index (χ4v) is 9.43. The van der Waals surface area contributed by atoms with Crippen LogP contribution in [0.4, 0.5) is 83.2 Å². The molecule has 0 radical (unpaired) electrons. The lowest BCUT2D eigenvalue weighted by molar-refractivity contribution is -0.299. The molecule has 0 saturated heterocycles. The van der Waals surface area contributed by atoms with Gasteiger partial charge in [0.25, 0.3) is 23.6 Å². The fraction of sp³-hybridized carbons (Fsp3) is 0.479. The van der Waals surface area contributed by atoms with E-state index in [4.69, 9.17) is 47.1 Å². The van der Waals surface area contributed by atoms with Crippen LogP contribution in [0.3, 0.4) is 0 Å². The van der Waals surface area contributed by atoms with Crippen molar-refractivity contribution in [3.63, 3.8) is 0 Å². The predicted molar refractivity (Wildman–Crippen MR) is 378 cm³/mol. The number of carbonyl (C=O) groups excluding carboxylic acids is 4.